The van der Waals surface area contributed by atoms with Crippen molar-refractivity contribution in [2.24, 2.45) is 0 Å². The predicted molar refractivity (Wildman–Crippen MR) is 90.7 cm³/mol. The summed E-state index contributed by atoms with van der Waals surface area (Å²) >= 11 is 0. The number of rotatable bonds is 3. The third-order valence-electron chi connectivity index (χ3n) is 3.95. The van der Waals surface area contributed by atoms with Crippen LogP contribution in [0.3, 0.4) is 0 Å². The number of imidazole rings is 1. The maximum absolute atomic E-state index is 13.3. The van der Waals surface area contributed by atoms with Crippen molar-refractivity contribution in [3.8, 4) is 11.1 Å². The van der Waals surface area contributed by atoms with E-state index < -0.39 is 0 Å². The Bertz CT molecular complexity index is 997. The van der Waals surface area contributed by atoms with Crippen molar-refractivity contribution < 1.29 is 4.39 Å². The molecule has 2 N–H and O–H groups in total. The number of hydrogen-bond donors (Lipinski definition) is 2. The summed E-state index contributed by atoms with van der Waals surface area (Å²) in [5, 5.41) is 1.01. The number of aromatic amines is 2. The number of hydrogen-bond acceptors (Lipinski definition) is 2. The van der Waals surface area contributed by atoms with Gasteiger partial charge in [0.1, 0.15) is 11.6 Å². The highest BCUT2D eigenvalue weighted by Gasteiger charge is 2.10. The van der Waals surface area contributed by atoms with Gasteiger partial charge in [0.25, 0.3) is 0 Å². The van der Waals surface area contributed by atoms with Crippen LogP contribution in [-0.4, -0.2) is 33.9 Å². The summed E-state index contributed by atoms with van der Waals surface area (Å²) in [6.45, 7) is 0.774. The van der Waals surface area contributed by atoms with E-state index in [4.69, 9.17) is 0 Å². The molecule has 0 aliphatic rings. The molecule has 0 saturated heterocycles. The number of H-pyrrole nitrogens is 2. The first-order valence-electron chi connectivity index (χ1n) is 7.50. The molecule has 2 aromatic heterocycles. The molecular formula is C18H17FN4. The van der Waals surface area contributed by atoms with Gasteiger partial charge in [-0.05, 0) is 50.0 Å². The first-order valence-corrected chi connectivity index (χ1v) is 7.50. The van der Waals surface area contributed by atoms with E-state index in [1.54, 1.807) is 0 Å². The lowest BCUT2D eigenvalue weighted by atomic mass is 10.0. The fraction of sp³-hybridized carbons (Fsp3) is 0.167. The Labute approximate surface area is 133 Å². The SMILES string of the molecule is CN(C)Cc1nc2ccc(-c3c[nH]c4cc(F)ccc34)cc2[nH]1. The lowest BCUT2D eigenvalue weighted by Gasteiger charge is -2.05. The summed E-state index contributed by atoms with van der Waals surface area (Å²) < 4.78 is 13.3. The molecule has 0 bridgehead atoms. The zero-order chi connectivity index (χ0) is 16.0. The van der Waals surface area contributed by atoms with E-state index in [1.165, 1.54) is 12.1 Å². The Morgan fingerprint density at radius 3 is 2.78 bits per heavy atom. The zero-order valence-corrected chi connectivity index (χ0v) is 13.0. The average molecular weight is 308 g/mol. The van der Waals surface area contributed by atoms with E-state index in [0.717, 1.165) is 45.4 Å². The molecule has 4 nitrogen and oxygen atoms in total. The molecule has 0 spiro atoms. The number of halogens is 1. The summed E-state index contributed by atoms with van der Waals surface area (Å²) in [4.78, 5) is 13.2. The van der Waals surface area contributed by atoms with Crippen molar-refractivity contribution in [3.05, 3.63) is 54.2 Å². The van der Waals surface area contributed by atoms with Gasteiger partial charge in [-0.15, -0.1) is 0 Å². The van der Waals surface area contributed by atoms with Crippen LogP contribution in [0.15, 0.2) is 42.6 Å². The molecule has 116 valence electrons. The standard InChI is InChI=1S/C18H17FN4/c1-23(2)10-18-21-15-6-3-11(7-17(15)22-18)14-9-20-16-8-12(19)4-5-13(14)16/h3-9,20H,10H2,1-2H3,(H,21,22). The van der Waals surface area contributed by atoms with Crippen LogP contribution >= 0.6 is 0 Å². The largest absolute Gasteiger partial charge is 0.360 e. The van der Waals surface area contributed by atoms with E-state index in [1.807, 2.05) is 32.4 Å². The average Bonchev–Trinajstić information content (AvgIpc) is 3.08. The van der Waals surface area contributed by atoms with E-state index in [-0.39, 0.29) is 5.82 Å². The Balaban J connectivity index is 1.81. The molecule has 4 rings (SSSR count). The van der Waals surface area contributed by atoms with Crippen LogP contribution in [0.5, 0.6) is 0 Å². The Hall–Kier alpha value is -2.66. The number of nitrogens with zero attached hydrogens (tertiary/aromatic N) is 2. The van der Waals surface area contributed by atoms with Gasteiger partial charge in [0.15, 0.2) is 0 Å². The maximum atomic E-state index is 13.3. The van der Waals surface area contributed by atoms with E-state index >= 15 is 0 Å². The second-order valence-corrected chi connectivity index (χ2v) is 6.05. The van der Waals surface area contributed by atoms with Gasteiger partial charge in [-0.25, -0.2) is 9.37 Å². The molecule has 0 radical (unpaired) electrons. The zero-order valence-electron chi connectivity index (χ0n) is 13.0. The molecule has 0 aliphatic carbocycles. The molecule has 0 saturated carbocycles. The second kappa shape index (κ2) is 5.21. The van der Waals surface area contributed by atoms with Crippen molar-refractivity contribution in [2.75, 3.05) is 14.1 Å². The van der Waals surface area contributed by atoms with Crippen LogP contribution in [-0.2, 0) is 6.54 Å². The molecule has 0 unspecified atom stereocenters. The van der Waals surface area contributed by atoms with Gasteiger partial charge in [0, 0.05) is 22.7 Å². The number of aromatic nitrogens is 3. The van der Waals surface area contributed by atoms with Gasteiger partial charge in [-0.2, -0.15) is 0 Å². The van der Waals surface area contributed by atoms with Crippen LogP contribution in [0.2, 0.25) is 0 Å². The Kier molecular flexibility index (Phi) is 3.16. The van der Waals surface area contributed by atoms with Crippen molar-refractivity contribution >= 4 is 21.9 Å². The highest BCUT2D eigenvalue weighted by atomic mass is 19.1. The van der Waals surface area contributed by atoms with Crippen molar-refractivity contribution in [1.82, 2.24) is 19.9 Å². The van der Waals surface area contributed by atoms with Crippen molar-refractivity contribution in [3.63, 3.8) is 0 Å². The Morgan fingerprint density at radius 1 is 1.09 bits per heavy atom. The first kappa shape index (κ1) is 14.0. The highest BCUT2D eigenvalue weighted by molar-refractivity contribution is 5.97. The van der Waals surface area contributed by atoms with Gasteiger partial charge in [0.05, 0.1) is 17.6 Å². The topological polar surface area (TPSA) is 47.7 Å². The summed E-state index contributed by atoms with van der Waals surface area (Å²) in [6, 6.07) is 11.0. The maximum Gasteiger partial charge on any atom is 0.125 e. The molecule has 0 atom stereocenters. The number of nitrogens with one attached hydrogen (secondary N) is 2. The second-order valence-electron chi connectivity index (χ2n) is 6.05. The minimum Gasteiger partial charge on any atom is -0.360 e. The molecule has 0 aliphatic heterocycles. The molecule has 2 aromatic carbocycles. The van der Waals surface area contributed by atoms with Gasteiger partial charge >= 0.3 is 0 Å². The predicted octanol–water partition coefficient (Wildman–Crippen LogP) is 3.91. The van der Waals surface area contributed by atoms with Crippen LogP contribution in [0.25, 0.3) is 33.1 Å². The molecular weight excluding hydrogens is 291 g/mol. The van der Waals surface area contributed by atoms with E-state index in [0.29, 0.717) is 0 Å². The fourth-order valence-electron chi connectivity index (χ4n) is 2.94. The summed E-state index contributed by atoms with van der Waals surface area (Å²) in [5.41, 5.74) is 4.91. The van der Waals surface area contributed by atoms with E-state index in [9.17, 15) is 4.39 Å². The quantitative estimate of drug-likeness (QED) is 0.603. The monoisotopic (exact) mass is 308 g/mol. The molecule has 23 heavy (non-hydrogen) atoms. The van der Waals surface area contributed by atoms with Crippen molar-refractivity contribution in [2.45, 2.75) is 6.54 Å². The minimum absolute atomic E-state index is 0.233. The molecule has 2 heterocycles. The van der Waals surface area contributed by atoms with E-state index in [2.05, 4.69) is 32.0 Å². The van der Waals surface area contributed by atoms with Gasteiger partial charge in [-0.1, -0.05) is 6.07 Å². The lowest BCUT2D eigenvalue weighted by Crippen LogP contribution is -2.11. The lowest BCUT2D eigenvalue weighted by molar-refractivity contribution is 0.392. The van der Waals surface area contributed by atoms with Crippen LogP contribution in [0.4, 0.5) is 4.39 Å². The fourth-order valence-corrected chi connectivity index (χ4v) is 2.94. The third kappa shape index (κ3) is 2.49. The van der Waals surface area contributed by atoms with Gasteiger partial charge in [-0.3, -0.25) is 0 Å². The minimum atomic E-state index is -0.233. The summed E-state index contributed by atoms with van der Waals surface area (Å²) in [6.07, 6.45) is 1.92. The molecule has 5 heteroatoms. The molecule has 4 aromatic rings. The number of benzene rings is 2. The highest BCUT2D eigenvalue weighted by Crippen LogP contribution is 2.30. The van der Waals surface area contributed by atoms with Crippen LogP contribution in [0, 0.1) is 5.82 Å². The molecule has 0 amide bonds. The van der Waals surface area contributed by atoms with Crippen LogP contribution < -0.4 is 0 Å². The van der Waals surface area contributed by atoms with Gasteiger partial charge < -0.3 is 14.9 Å². The number of fused-ring (bicyclic) bond motifs is 2. The normalized spacial score (nSPS) is 11.8. The Morgan fingerprint density at radius 2 is 1.96 bits per heavy atom. The summed E-state index contributed by atoms with van der Waals surface area (Å²) in [5.74, 6) is 0.714. The third-order valence-corrected chi connectivity index (χ3v) is 3.95. The van der Waals surface area contributed by atoms with Crippen molar-refractivity contribution in [1.29, 1.82) is 0 Å². The smallest absolute Gasteiger partial charge is 0.125 e. The van der Waals surface area contributed by atoms with Gasteiger partial charge in [0.2, 0.25) is 0 Å². The van der Waals surface area contributed by atoms with Crippen LogP contribution in [0.1, 0.15) is 5.82 Å². The first-order chi connectivity index (χ1) is 11.1. The molecule has 0 fully saturated rings. The summed E-state index contributed by atoms with van der Waals surface area (Å²) in [7, 11) is 4.04.